The highest BCUT2D eigenvalue weighted by Crippen LogP contribution is 2.20. The number of amides is 2. The van der Waals surface area contributed by atoms with Crippen molar-refractivity contribution in [3.8, 4) is 0 Å². The van der Waals surface area contributed by atoms with Crippen LogP contribution >= 0.6 is 0 Å². The van der Waals surface area contributed by atoms with Crippen LogP contribution in [0.2, 0.25) is 0 Å². The first-order chi connectivity index (χ1) is 13.6. The van der Waals surface area contributed by atoms with Gasteiger partial charge in [0.05, 0.1) is 6.04 Å². The Hall–Kier alpha value is -2.87. The van der Waals surface area contributed by atoms with E-state index < -0.39 is 0 Å². The van der Waals surface area contributed by atoms with Gasteiger partial charge in [0.1, 0.15) is 5.82 Å². The average Bonchev–Trinajstić information content (AvgIpc) is 2.95. The molecule has 1 aromatic heterocycles. The molecule has 0 aliphatic carbocycles. The van der Waals surface area contributed by atoms with E-state index >= 15 is 0 Å². The van der Waals surface area contributed by atoms with Crippen LogP contribution in [-0.2, 0) is 11.3 Å². The number of halogens is 1. The summed E-state index contributed by atoms with van der Waals surface area (Å²) in [7, 11) is 0. The Labute approximate surface area is 162 Å². The van der Waals surface area contributed by atoms with Crippen LogP contribution in [0.3, 0.4) is 0 Å². The van der Waals surface area contributed by atoms with Crippen molar-refractivity contribution in [2.75, 3.05) is 32.7 Å². The third-order valence-electron chi connectivity index (χ3n) is 5.36. The molecule has 2 saturated heterocycles. The second kappa shape index (κ2) is 8.02. The Bertz CT molecular complexity index is 845. The topological polar surface area (TPSA) is 69.6 Å². The van der Waals surface area contributed by atoms with Gasteiger partial charge in [-0.2, -0.15) is 0 Å². The molecule has 2 aliphatic heterocycles. The third-order valence-corrected chi connectivity index (χ3v) is 5.36. The third kappa shape index (κ3) is 3.87. The molecular weight excluding hydrogens is 361 g/mol. The Morgan fingerprint density at radius 2 is 1.75 bits per heavy atom. The minimum atomic E-state index is -0.282. The molecule has 0 saturated carbocycles. The van der Waals surface area contributed by atoms with Gasteiger partial charge in [-0.3, -0.25) is 14.5 Å². The molecule has 2 amide bonds. The summed E-state index contributed by atoms with van der Waals surface area (Å²) in [5.41, 5.74) is 0.912. The van der Waals surface area contributed by atoms with Gasteiger partial charge in [0.25, 0.3) is 5.91 Å². The maximum atomic E-state index is 13.1. The Kier molecular flexibility index (Phi) is 5.29. The van der Waals surface area contributed by atoms with E-state index in [1.165, 1.54) is 12.1 Å². The van der Waals surface area contributed by atoms with Crippen LogP contribution in [0.5, 0.6) is 0 Å². The maximum Gasteiger partial charge on any atom is 0.291 e. The number of carbonyl (C=O) groups excluding carboxylic acids is 2. The number of benzene rings is 1. The number of hydrogen-bond acceptors (Lipinski definition) is 5. The molecule has 1 unspecified atom stereocenters. The van der Waals surface area contributed by atoms with Gasteiger partial charge in [-0.05, 0) is 30.2 Å². The van der Waals surface area contributed by atoms with E-state index in [2.05, 4.69) is 14.9 Å². The maximum absolute atomic E-state index is 13.1. The summed E-state index contributed by atoms with van der Waals surface area (Å²) in [6.07, 6.45) is 3.69. The van der Waals surface area contributed by atoms with Crippen LogP contribution in [-0.4, -0.2) is 75.2 Å². The zero-order valence-electron chi connectivity index (χ0n) is 15.5. The molecule has 0 bridgehead atoms. The number of hydrogen-bond donors (Lipinski definition) is 0. The van der Waals surface area contributed by atoms with Crippen LogP contribution in [0.1, 0.15) is 22.6 Å². The van der Waals surface area contributed by atoms with Crippen molar-refractivity contribution in [1.29, 1.82) is 0 Å². The number of piperazine rings is 1. The minimum absolute atomic E-state index is 0.0702. The molecule has 7 nitrogen and oxygen atoms in total. The highest BCUT2D eigenvalue weighted by Gasteiger charge is 2.37. The van der Waals surface area contributed by atoms with E-state index in [1.807, 2.05) is 4.90 Å². The first kappa shape index (κ1) is 18.5. The Morgan fingerprint density at radius 3 is 2.50 bits per heavy atom. The Balaban J connectivity index is 1.42. The standard InChI is InChI=1S/C20H22FN5O2/c21-16-4-2-15(3-5-16)14-26-13-11-24-10-12-25(9-6-17(24)19(26)27)20(28)18-22-7-1-8-23-18/h1-5,7-8,17H,6,9-14H2. The van der Waals surface area contributed by atoms with Crippen molar-refractivity contribution in [3.05, 3.63) is 59.9 Å². The predicted molar refractivity (Wildman–Crippen MR) is 99.7 cm³/mol. The van der Waals surface area contributed by atoms with Gasteiger partial charge >= 0.3 is 0 Å². The van der Waals surface area contributed by atoms with Crippen LogP contribution in [0.25, 0.3) is 0 Å². The summed E-state index contributed by atoms with van der Waals surface area (Å²) in [5, 5.41) is 0. The molecule has 3 heterocycles. The van der Waals surface area contributed by atoms with Crippen molar-refractivity contribution in [1.82, 2.24) is 24.7 Å². The van der Waals surface area contributed by atoms with E-state index in [0.29, 0.717) is 39.1 Å². The van der Waals surface area contributed by atoms with Gasteiger partial charge in [-0.25, -0.2) is 14.4 Å². The van der Waals surface area contributed by atoms with Crippen LogP contribution < -0.4 is 0 Å². The molecule has 28 heavy (non-hydrogen) atoms. The number of rotatable bonds is 3. The van der Waals surface area contributed by atoms with Crippen molar-refractivity contribution in [3.63, 3.8) is 0 Å². The molecule has 0 radical (unpaired) electrons. The second-order valence-corrected chi connectivity index (χ2v) is 7.09. The van der Waals surface area contributed by atoms with Gasteiger partial charge in [0.2, 0.25) is 11.7 Å². The summed E-state index contributed by atoms with van der Waals surface area (Å²) in [6.45, 7) is 3.57. The SMILES string of the molecule is O=C(c1ncccn1)N1CCC2C(=O)N(Cc3ccc(F)cc3)CCN2CC1. The second-order valence-electron chi connectivity index (χ2n) is 7.09. The summed E-state index contributed by atoms with van der Waals surface area (Å²) < 4.78 is 13.1. The first-order valence-electron chi connectivity index (χ1n) is 9.45. The predicted octanol–water partition coefficient (Wildman–Crippen LogP) is 1.17. The average molecular weight is 383 g/mol. The van der Waals surface area contributed by atoms with E-state index in [0.717, 1.165) is 12.1 Å². The van der Waals surface area contributed by atoms with E-state index in [4.69, 9.17) is 0 Å². The van der Waals surface area contributed by atoms with E-state index in [-0.39, 0.29) is 29.5 Å². The van der Waals surface area contributed by atoms with Gasteiger partial charge in [-0.15, -0.1) is 0 Å². The van der Waals surface area contributed by atoms with Crippen molar-refractivity contribution in [2.24, 2.45) is 0 Å². The summed E-state index contributed by atoms with van der Waals surface area (Å²) in [4.78, 5) is 39.4. The molecule has 2 aliphatic rings. The fourth-order valence-corrected chi connectivity index (χ4v) is 3.82. The van der Waals surface area contributed by atoms with Gasteiger partial charge < -0.3 is 9.80 Å². The molecular formula is C20H22FN5O2. The molecule has 146 valence electrons. The molecule has 4 rings (SSSR count). The smallest absolute Gasteiger partial charge is 0.291 e. The highest BCUT2D eigenvalue weighted by atomic mass is 19.1. The molecule has 1 atom stereocenters. The van der Waals surface area contributed by atoms with Crippen molar-refractivity contribution >= 4 is 11.8 Å². The first-order valence-corrected chi connectivity index (χ1v) is 9.45. The van der Waals surface area contributed by atoms with E-state index in [9.17, 15) is 14.0 Å². The van der Waals surface area contributed by atoms with E-state index in [1.54, 1.807) is 35.5 Å². The van der Waals surface area contributed by atoms with Gasteiger partial charge in [0, 0.05) is 51.7 Å². The summed E-state index contributed by atoms with van der Waals surface area (Å²) in [5.74, 6) is -0.223. The zero-order chi connectivity index (χ0) is 19.5. The Morgan fingerprint density at radius 1 is 1.04 bits per heavy atom. The molecule has 2 aromatic rings. The number of aromatic nitrogens is 2. The zero-order valence-corrected chi connectivity index (χ0v) is 15.5. The molecule has 0 spiro atoms. The fraction of sp³-hybridized carbons (Fsp3) is 0.400. The quantitative estimate of drug-likeness (QED) is 0.796. The number of fused-ring (bicyclic) bond motifs is 1. The summed E-state index contributed by atoms with van der Waals surface area (Å²) >= 11 is 0. The molecule has 1 aromatic carbocycles. The molecule has 8 heteroatoms. The molecule has 0 N–H and O–H groups in total. The lowest BCUT2D eigenvalue weighted by Crippen LogP contribution is -2.56. The van der Waals surface area contributed by atoms with Crippen LogP contribution in [0.4, 0.5) is 4.39 Å². The lowest BCUT2D eigenvalue weighted by atomic mass is 10.1. The normalized spacial score (nSPS) is 20.6. The fourth-order valence-electron chi connectivity index (χ4n) is 3.82. The molecule has 2 fully saturated rings. The summed E-state index contributed by atoms with van der Waals surface area (Å²) in [6, 6.07) is 7.69. The minimum Gasteiger partial charge on any atom is -0.336 e. The van der Waals surface area contributed by atoms with Crippen LogP contribution in [0, 0.1) is 5.82 Å². The van der Waals surface area contributed by atoms with Crippen LogP contribution in [0.15, 0.2) is 42.7 Å². The number of carbonyl (C=O) groups is 2. The van der Waals surface area contributed by atoms with Gasteiger partial charge in [-0.1, -0.05) is 12.1 Å². The van der Waals surface area contributed by atoms with Crippen molar-refractivity contribution in [2.45, 2.75) is 19.0 Å². The highest BCUT2D eigenvalue weighted by molar-refractivity contribution is 5.90. The van der Waals surface area contributed by atoms with Crippen molar-refractivity contribution < 1.29 is 14.0 Å². The monoisotopic (exact) mass is 383 g/mol. The largest absolute Gasteiger partial charge is 0.336 e. The number of nitrogens with zero attached hydrogens (tertiary/aromatic N) is 5. The lowest BCUT2D eigenvalue weighted by molar-refractivity contribution is -0.142. The van der Waals surface area contributed by atoms with Gasteiger partial charge in [0.15, 0.2) is 0 Å². The lowest BCUT2D eigenvalue weighted by Gasteiger charge is -2.39.